The molecule has 0 aromatic heterocycles. The van der Waals surface area contributed by atoms with Crippen LogP contribution in [0.4, 0.5) is 5.69 Å². The van der Waals surface area contributed by atoms with Gasteiger partial charge in [-0.25, -0.2) is 0 Å². The molecule has 0 radical (unpaired) electrons. The highest BCUT2D eigenvalue weighted by Gasteiger charge is 2.22. The number of rotatable bonds is 3. The first-order valence-corrected chi connectivity index (χ1v) is 5.79. The number of nitrogen functional groups attached to an aromatic ring is 1. The van der Waals surface area contributed by atoms with Gasteiger partial charge in [-0.3, -0.25) is 4.90 Å². The van der Waals surface area contributed by atoms with E-state index in [0.29, 0.717) is 6.10 Å². The molecule has 1 aromatic carbocycles. The molecule has 0 saturated carbocycles. The summed E-state index contributed by atoms with van der Waals surface area (Å²) in [6.45, 7) is 5.16. The predicted octanol–water partition coefficient (Wildman–Crippen LogP) is 1.80. The quantitative estimate of drug-likeness (QED) is 0.789. The van der Waals surface area contributed by atoms with Crippen LogP contribution in [-0.4, -0.2) is 31.2 Å². The Hall–Kier alpha value is -1.06. The fraction of sp³-hybridized carbons (Fsp3) is 0.538. The molecule has 1 heterocycles. The average molecular weight is 220 g/mol. The van der Waals surface area contributed by atoms with Gasteiger partial charge in [-0.1, -0.05) is 17.7 Å². The number of nitrogens with two attached hydrogens (primary N) is 1. The minimum Gasteiger partial charge on any atom is -0.398 e. The van der Waals surface area contributed by atoms with Crippen LogP contribution in [0.2, 0.25) is 0 Å². The summed E-state index contributed by atoms with van der Waals surface area (Å²) < 4.78 is 5.36. The highest BCUT2D eigenvalue weighted by atomic mass is 16.5. The van der Waals surface area contributed by atoms with Crippen LogP contribution in [0.15, 0.2) is 18.2 Å². The minimum absolute atomic E-state index is 0.394. The number of hydrogen-bond donors (Lipinski definition) is 1. The summed E-state index contributed by atoms with van der Waals surface area (Å²) in [5, 5.41) is 0. The van der Waals surface area contributed by atoms with Crippen LogP contribution in [0.1, 0.15) is 17.5 Å². The largest absolute Gasteiger partial charge is 0.398 e. The maximum Gasteiger partial charge on any atom is 0.0710 e. The molecule has 1 fully saturated rings. The molecule has 1 aliphatic heterocycles. The van der Waals surface area contributed by atoms with Crippen molar-refractivity contribution in [1.82, 2.24) is 4.90 Å². The Morgan fingerprint density at radius 3 is 3.00 bits per heavy atom. The first-order valence-electron chi connectivity index (χ1n) is 5.79. The van der Waals surface area contributed by atoms with Crippen molar-refractivity contribution >= 4 is 5.69 Å². The first-order chi connectivity index (χ1) is 7.69. The molecule has 3 heteroatoms. The van der Waals surface area contributed by atoms with Gasteiger partial charge in [0.25, 0.3) is 0 Å². The van der Waals surface area contributed by atoms with E-state index in [1.165, 1.54) is 11.1 Å². The number of methoxy groups -OCH3 is 1. The zero-order chi connectivity index (χ0) is 11.5. The lowest BCUT2D eigenvalue weighted by molar-refractivity contribution is 0.107. The van der Waals surface area contributed by atoms with Crippen molar-refractivity contribution in [3.05, 3.63) is 29.3 Å². The Labute approximate surface area is 97.2 Å². The van der Waals surface area contributed by atoms with E-state index < -0.39 is 0 Å². The molecule has 0 aliphatic carbocycles. The SMILES string of the molecule is COC1CCN(Cc2cc(C)ccc2N)C1. The van der Waals surface area contributed by atoms with E-state index in [9.17, 15) is 0 Å². The molecular weight excluding hydrogens is 200 g/mol. The second-order valence-corrected chi connectivity index (χ2v) is 4.58. The molecule has 2 rings (SSSR count). The molecule has 1 aliphatic rings. The standard InChI is InChI=1S/C13H20N2O/c1-10-3-4-13(14)11(7-10)8-15-6-5-12(9-15)16-2/h3-4,7,12H,5-6,8-9,14H2,1-2H3. The molecule has 0 bridgehead atoms. The molecule has 1 unspecified atom stereocenters. The second-order valence-electron chi connectivity index (χ2n) is 4.58. The lowest BCUT2D eigenvalue weighted by atomic mass is 10.1. The van der Waals surface area contributed by atoms with Gasteiger partial charge in [0.1, 0.15) is 0 Å². The van der Waals surface area contributed by atoms with Crippen molar-refractivity contribution < 1.29 is 4.74 Å². The predicted molar refractivity (Wildman–Crippen MR) is 66.3 cm³/mol. The van der Waals surface area contributed by atoms with E-state index in [1.54, 1.807) is 7.11 Å². The number of hydrogen-bond acceptors (Lipinski definition) is 3. The van der Waals surface area contributed by atoms with E-state index in [-0.39, 0.29) is 0 Å². The number of nitrogens with zero attached hydrogens (tertiary/aromatic N) is 1. The Morgan fingerprint density at radius 2 is 2.31 bits per heavy atom. The van der Waals surface area contributed by atoms with Gasteiger partial charge in [0.2, 0.25) is 0 Å². The highest BCUT2D eigenvalue weighted by Crippen LogP contribution is 2.20. The smallest absolute Gasteiger partial charge is 0.0710 e. The Bertz CT molecular complexity index is 365. The number of anilines is 1. The molecule has 1 aromatic rings. The van der Waals surface area contributed by atoms with Crippen molar-refractivity contribution in [2.45, 2.75) is 26.0 Å². The van der Waals surface area contributed by atoms with Gasteiger partial charge in [0, 0.05) is 32.4 Å². The summed E-state index contributed by atoms with van der Waals surface area (Å²) in [6.07, 6.45) is 1.52. The zero-order valence-electron chi connectivity index (χ0n) is 10.1. The van der Waals surface area contributed by atoms with Crippen molar-refractivity contribution in [2.24, 2.45) is 0 Å². The van der Waals surface area contributed by atoms with Crippen LogP contribution >= 0.6 is 0 Å². The zero-order valence-corrected chi connectivity index (χ0v) is 10.1. The van der Waals surface area contributed by atoms with Crippen LogP contribution < -0.4 is 5.73 Å². The van der Waals surface area contributed by atoms with E-state index in [1.807, 2.05) is 6.07 Å². The Balaban J connectivity index is 2.01. The van der Waals surface area contributed by atoms with Crippen LogP contribution in [0.3, 0.4) is 0 Å². The van der Waals surface area contributed by atoms with E-state index in [4.69, 9.17) is 10.5 Å². The normalized spacial score (nSPS) is 21.5. The van der Waals surface area contributed by atoms with Crippen molar-refractivity contribution in [2.75, 3.05) is 25.9 Å². The lowest BCUT2D eigenvalue weighted by Gasteiger charge is -2.17. The topological polar surface area (TPSA) is 38.5 Å². The summed E-state index contributed by atoms with van der Waals surface area (Å²) in [6, 6.07) is 6.23. The van der Waals surface area contributed by atoms with Crippen LogP contribution in [-0.2, 0) is 11.3 Å². The van der Waals surface area contributed by atoms with Crippen molar-refractivity contribution in [3.8, 4) is 0 Å². The monoisotopic (exact) mass is 220 g/mol. The Kier molecular flexibility index (Phi) is 3.46. The number of ether oxygens (including phenoxy) is 1. The van der Waals surface area contributed by atoms with Gasteiger partial charge in [-0.15, -0.1) is 0 Å². The molecule has 1 saturated heterocycles. The molecule has 2 N–H and O–H groups in total. The van der Waals surface area contributed by atoms with Gasteiger partial charge < -0.3 is 10.5 Å². The van der Waals surface area contributed by atoms with Crippen LogP contribution in [0.5, 0.6) is 0 Å². The van der Waals surface area contributed by atoms with Gasteiger partial charge in [-0.2, -0.15) is 0 Å². The molecule has 16 heavy (non-hydrogen) atoms. The lowest BCUT2D eigenvalue weighted by Crippen LogP contribution is -2.22. The Morgan fingerprint density at radius 1 is 1.50 bits per heavy atom. The fourth-order valence-electron chi connectivity index (χ4n) is 2.25. The third-order valence-electron chi connectivity index (χ3n) is 3.25. The van der Waals surface area contributed by atoms with Gasteiger partial charge in [-0.05, 0) is 25.0 Å². The van der Waals surface area contributed by atoms with E-state index in [0.717, 1.165) is 31.7 Å². The minimum atomic E-state index is 0.394. The summed E-state index contributed by atoms with van der Waals surface area (Å²) >= 11 is 0. The summed E-state index contributed by atoms with van der Waals surface area (Å²) in [7, 11) is 1.79. The molecule has 0 spiro atoms. The number of benzene rings is 1. The summed E-state index contributed by atoms with van der Waals surface area (Å²) in [5.41, 5.74) is 9.37. The van der Waals surface area contributed by atoms with E-state index >= 15 is 0 Å². The third kappa shape index (κ3) is 2.54. The summed E-state index contributed by atoms with van der Waals surface area (Å²) in [5.74, 6) is 0. The second kappa shape index (κ2) is 4.85. The molecular formula is C13H20N2O. The highest BCUT2D eigenvalue weighted by molar-refractivity contribution is 5.48. The number of aryl methyl sites for hydroxylation is 1. The van der Waals surface area contributed by atoms with Crippen molar-refractivity contribution in [3.63, 3.8) is 0 Å². The fourth-order valence-corrected chi connectivity index (χ4v) is 2.25. The van der Waals surface area contributed by atoms with E-state index in [2.05, 4.69) is 24.0 Å². The van der Waals surface area contributed by atoms with Crippen LogP contribution in [0.25, 0.3) is 0 Å². The average Bonchev–Trinajstić information content (AvgIpc) is 2.71. The summed E-state index contributed by atoms with van der Waals surface area (Å²) in [4.78, 5) is 2.40. The van der Waals surface area contributed by atoms with Gasteiger partial charge in [0.15, 0.2) is 0 Å². The van der Waals surface area contributed by atoms with Crippen LogP contribution in [0, 0.1) is 6.92 Å². The molecule has 3 nitrogen and oxygen atoms in total. The number of likely N-dealkylation sites (tertiary alicyclic amines) is 1. The molecule has 1 atom stereocenters. The maximum absolute atomic E-state index is 5.98. The first kappa shape index (κ1) is 11.4. The molecule has 0 amide bonds. The van der Waals surface area contributed by atoms with Gasteiger partial charge >= 0.3 is 0 Å². The van der Waals surface area contributed by atoms with Gasteiger partial charge in [0.05, 0.1) is 6.10 Å². The van der Waals surface area contributed by atoms with Crippen molar-refractivity contribution in [1.29, 1.82) is 0 Å². The third-order valence-corrected chi connectivity index (χ3v) is 3.25. The molecule has 88 valence electrons. The maximum atomic E-state index is 5.98.